The maximum Gasteiger partial charge on any atom is 0.227 e. The highest BCUT2D eigenvalue weighted by molar-refractivity contribution is 6.30. The van der Waals surface area contributed by atoms with Crippen LogP contribution in [0.15, 0.2) is 98.5 Å². The molecule has 1 N–H and O–H groups in total. The average molecular weight is 481 g/mol. The van der Waals surface area contributed by atoms with E-state index >= 15 is 0 Å². The Morgan fingerprint density at radius 3 is 2.46 bits per heavy atom. The average Bonchev–Trinajstić information content (AvgIpc) is 3.27. The summed E-state index contributed by atoms with van der Waals surface area (Å²) < 4.78 is 5.94. The van der Waals surface area contributed by atoms with Crippen molar-refractivity contribution in [3.63, 3.8) is 0 Å². The Hall–Kier alpha value is -4.29. The van der Waals surface area contributed by atoms with Gasteiger partial charge in [0.25, 0.3) is 0 Å². The van der Waals surface area contributed by atoms with Crippen molar-refractivity contribution < 1.29 is 9.52 Å². The Balaban J connectivity index is 1.42. The van der Waals surface area contributed by atoms with Gasteiger partial charge in [-0.25, -0.2) is 4.98 Å². The molecule has 0 spiro atoms. The predicted molar refractivity (Wildman–Crippen MR) is 140 cm³/mol. The van der Waals surface area contributed by atoms with Gasteiger partial charge in [0.05, 0.1) is 17.1 Å². The van der Waals surface area contributed by atoms with E-state index in [0.29, 0.717) is 27.9 Å². The van der Waals surface area contributed by atoms with E-state index < -0.39 is 0 Å². The molecule has 0 saturated heterocycles. The van der Waals surface area contributed by atoms with Gasteiger partial charge in [-0.15, -0.1) is 0 Å². The molecule has 0 aliphatic carbocycles. The molecule has 1 aromatic heterocycles. The molecule has 0 radical (unpaired) electrons. The van der Waals surface area contributed by atoms with Gasteiger partial charge in [0.15, 0.2) is 5.58 Å². The molecule has 0 amide bonds. The molecule has 0 unspecified atom stereocenters. The van der Waals surface area contributed by atoms with E-state index in [9.17, 15) is 5.11 Å². The van der Waals surface area contributed by atoms with Gasteiger partial charge in [0.2, 0.25) is 5.89 Å². The number of nitrogens with zero attached hydrogens (tertiary/aromatic N) is 4. The number of phenols is 1. The van der Waals surface area contributed by atoms with Crippen molar-refractivity contribution in [3.05, 3.63) is 101 Å². The zero-order valence-electron chi connectivity index (χ0n) is 19.1. The summed E-state index contributed by atoms with van der Waals surface area (Å²) in [6.07, 6.45) is 1.61. The standard InChI is InChI=1S/C28H21ClN4O2/c1-17-3-12-27-25(13-17)31-28(35-27)19-5-4-18(2)24(15-19)30-16-20-14-23(10-11-26(20)34)33-32-22-8-6-21(29)7-9-22/h3-16,34H,1-2H3. The highest BCUT2D eigenvalue weighted by Gasteiger charge is 2.10. The first-order valence-corrected chi connectivity index (χ1v) is 11.3. The van der Waals surface area contributed by atoms with Crippen molar-refractivity contribution >= 4 is 46.0 Å². The van der Waals surface area contributed by atoms with Crippen LogP contribution in [0.25, 0.3) is 22.6 Å². The first-order chi connectivity index (χ1) is 16.9. The van der Waals surface area contributed by atoms with E-state index in [-0.39, 0.29) is 5.75 Å². The number of aromatic nitrogens is 1. The van der Waals surface area contributed by atoms with Crippen LogP contribution in [0.1, 0.15) is 16.7 Å². The lowest BCUT2D eigenvalue weighted by Crippen LogP contribution is -1.84. The zero-order valence-corrected chi connectivity index (χ0v) is 19.9. The lowest BCUT2D eigenvalue weighted by molar-refractivity contribution is 0.474. The van der Waals surface area contributed by atoms with Crippen LogP contribution in [-0.4, -0.2) is 16.3 Å². The topological polar surface area (TPSA) is 83.3 Å². The third-order valence-corrected chi connectivity index (χ3v) is 5.71. The molecule has 35 heavy (non-hydrogen) atoms. The van der Waals surface area contributed by atoms with Gasteiger partial charge >= 0.3 is 0 Å². The molecule has 0 aliphatic rings. The second kappa shape index (κ2) is 9.52. The summed E-state index contributed by atoms with van der Waals surface area (Å²) in [5, 5.41) is 19.4. The molecule has 7 heteroatoms. The summed E-state index contributed by atoms with van der Waals surface area (Å²) in [5.41, 5.74) is 7.03. The van der Waals surface area contributed by atoms with Gasteiger partial charge in [-0.1, -0.05) is 23.7 Å². The second-order valence-electron chi connectivity index (χ2n) is 8.17. The fourth-order valence-corrected chi connectivity index (χ4v) is 3.64. The summed E-state index contributed by atoms with van der Waals surface area (Å²) >= 11 is 5.91. The number of hydrogen-bond donors (Lipinski definition) is 1. The minimum Gasteiger partial charge on any atom is -0.507 e. The number of hydrogen-bond acceptors (Lipinski definition) is 6. The van der Waals surface area contributed by atoms with Crippen LogP contribution in [0.5, 0.6) is 5.75 Å². The van der Waals surface area contributed by atoms with Crippen molar-refractivity contribution in [3.8, 4) is 17.2 Å². The largest absolute Gasteiger partial charge is 0.507 e. The number of rotatable bonds is 5. The van der Waals surface area contributed by atoms with Crippen molar-refractivity contribution in [2.75, 3.05) is 0 Å². The summed E-state index contributed by atoms with van der Waals surface area (Å²) in [6.45, 7) is 4.00. The fourth-order valence-electron chi connectivity index (χ4n) is 3.51. The number of aliphatic imine (C=N–C) groups is 1. The molecule has 0 atom stereocenters. The molecular formula is C28H21ClN4O2. The van der Waals surface area contributed by atoms with Crippen LogP contribution in [0.2, 0.25) is 5.02 Å². The number of fused-ring (bicyclic) bond motifs is 1. The quantitative estimate of drug-likeness (QED) is 0.202. The van der Waals surface area contributed by atoms with E-state index in [1.807, 2.05) is 50.2 Å². The summed E-state index contributed by atoms with van der Waals surface area (Å²) in [4.78, 5) is 9.24. The third-order valence-electron chi connectivity index (χ3n) is 5.46. The van der Waals surface area contributed by atoms with Crippen molar-refractivity contribution in [2.45, 2.75) is 13.8 Å². The second-order valence-corrected chi connectivity index (χ2v) is 8.61. The number of halogens is 1. The lowest BCUT2D eigenvalue weighted by Gasteiger charge is -2.04. The number of azo groups is 1. The molecule has 6 nitrogen and oxygen atoms in total. The van der Waals surface area contributed by atoms with E-state index in [1.165, 1.54) is 0 Å². The van der Waals surface area contributed by atoms with Crippen LogP contribution < -0.4 is 0 Å². The number of oxazole rings is 1. The first-order valence-electron chi connectivity index (χ1n) is 11.0. The Labute approximate surface area is 207 Å². The highest BCUT2D eigenvalue weighted by atomic mass is 35.5. The molecule has 5 aromatic rings. The molecular weight excluding hydrogens is 460 g/mol. The predicted octanol–water partition coefficient (Wildman–Crippen LogP) is 8.64. The third kappa shape index (κ3) is 5.13. The molecule has 0 aliphatic heterocycles. The molecule has 1 heterocycles. The van der Waals surface area contributed by atoms with Gasteiger partial charge in [-0.3, -0.25) is 4.99 Å². The molecule has 172 valence electrons. The van der Waals surface area contributed by atoms with Crippen LogP contribution in [0, 0.1) is 13.8 Å². The van der Waals surface area contributed by atoms with Crippen molar-refractivity contribution in [2.24, 2.45) is 15.2 Å². The molecule has 0 fully saturated rings. The highest BCUT2D eigenvalue weighted by Crippen LogP contribution is 2.30. The SMILES string of the molecule is Cc1ccc2oc(-c3ccc(C)c(N=Cc4cc(N=Nc5ccc(Cl)cc5)ccc4O)c3)nc2c1. The van der Waals surface area contributed by atoms with Crippen LogP contribution in [0.4, 0.5) is 17.1 Å². The smallest absolute Gasteiger partial charge is 0.227 e. The Bertz CT molecular complexity index is 1590. The maximum atomic E-state index is 10.3. The van der Waals surface area contributed by atoms with E-state index in [1.54, 1.807) is 48.7 Å². The summed E-state index contributed by atoms with van der Waals surface area (Å²) in [6, 6.07) is 23.8. The minimum atomic E-state index is 0.0994. The van der Waals surface area contributed by atoms with Gasteiger partial charge in [-0.2, -0.15) is 10.2 Å². The Kier molecular flexibility index (Phi) is 6.12. The van der Waals surface area contributed by atoms with E-state index in [4.69, 9.17) is 16.0 Å². The molecule has 0 bridgehead atoms. The Morgan fingerprint density at radius 1 is 0.857 bits per heavy atom. The molecule has 0 saturated carbocycles. The number of aryl methyl sites for hydroxylation is 2. The van der Waals surface area contributed by atoms with Crippen LogP contribution in [0.3, 0.4) is 0 Å². The number of phenolic OH excluding ortho intramolecular Hbond substituents is 1. The fraction of sp³-hybridized carbons (Fsp3) is 0.0714. The Morgan fingerprint density at radius 2 is 1.63 bits per heavy atom. The van der Waals surface area contributed by atoms with E-state index in [0.717, 1.165) is 33.5 Å². The van der Waals surface area contributed by atoms with Gasteiger partial charge in [-0.05, 0) is 91.7 Å². The maximum absolute atomic E-state index is 10.3. The van der Waals surface area contributed by atoms with E-state index in [2.05, 4.69) is 20.2 Å². The van der Waals surface area contributed by atoms with Gasteiger partial charge < -0.3 is 9.52 Å². The van der Waals surface area contributed by atoms with Gasteiger partial charge in [0, 0.05) is 22.4 Å². The first kappa shape index (κ1) is 22.5. The number of benzene rings is 4. The lowest BCUT2D eigenvalue weighted by atomic mass is 10.1. The summed E-state index contributed by atoms with van der Waals surface area (Å²) in [7, 11) is 0. The monoisotopic (exact) mass is 480 g/mol. The van der Waals surface area contributed by atoms with Gasteiger partial charge in [0.1, 0.15) is 11.3 Å². The van der Waals surface area contributed by atoms with Crippen molar-refractivity contribution in [1.82, 2.24) is 4.98 Å². The molecule has 5 rings (SSSR count). The minimum absolute atomic E-state index is 0.0994. The van der Waals surface area contributed by atoms with Crippen LogP contribution >= 0.6 is 11.6 Å². The zero-order chi connectivity index (χ0) is 24.4. The van der Waals surface area contributed by atoms with Crippen LogP contribution in [-0.2, 0) is 0 Å². The molecule has 4 aromatic carbocycles. The van der Waals surface area contributed by atoms with Crippen molar-refractivity contribution in [1.29, 1.82) is 0 Å². The number of aromatic hydroxyl groups is 1. The normalized spacial score (nSPS) is 11.7. The summed E-state index contributed by atoms with van der Waals surface area (Å²) in [5.74, 6) is 0.636.